The average Bonchev–Trinajstić information content (AvgIpc) is 3.11. The highest BCUT2D eigenvalue weighted by molar-refractivity contribution is 5.92. The predicted molar refractivity (Wildman–Crippen MR) is 98.1 cm³/mol. The molecule has 0 saturated heterocycles. The summed E-state index contributed by atoms with van der Waals surface area (Å²) in [5.74, 6) is 0.000276. The Morgan fingerprint density at radius 2 is 2.22 bits per heavy atom. The van der Waals surface area contributed by atoms with Gasteiger partial charge in [-0.2, -0.15) is 10.1 Å². The van der Waals surface area contributed by atoms with Crippen LogP contribution in [0.3, 0.4) is 0 Å². The van der Waals surface area contributed by atoms with Crippen molar-refractivity contribution in [3.05, 3.63) is 57.5 Å². The SMILES string of the molecule is CCCCCOC(=O)C1=C(C)Nc2ncnn2C1c1cccc([N+](=O)[O-])c1. The van der Waals surface area contributed by atoms with E-state index in [1.165, 1.54) is 23.1 Å². The number of nitro groups is 1. The number of hydrogen-bond acceptors (Lipinski definition) is 7. The van der Waals surface area contributed by atoms with Crippen molar-refractivity contribution >= 4 is 17.6 Å². The fourth-order valence-electron chi connectivity index (χ4n) is 3.07. The number of esters is 1. The van der Waals surface area contributed by atoms with Crippen LogP contribution in [0.2, 0.25) is 0 Å². The maximum Gasteiger partial charge on any atom is 0.338 e. The van der Waals surface area contributed by atoms with Gasteiger partial charge in [0.1, 0.15) is 12.4 Å². The minimum Gasteiger partial charge on any atom is -0.462 e. The standard InChI is InChI=1S/C18H21N5O4/c1-3-4-5-9-27-17(24)15-12(2)21-18-19-11-20-22(18)16(15)13-7-6-8-14(10-13)23(25)26/h6-8,10-11,16H,3-5,9H2,1-2H3,(H,19,20,21). The minimum atomic E-state index is -0.651. The summed E-state index contributed by atoms with van der Waals surface area (Å²) in [5.41, 5.74) is 1.47. The summed E-state index contributed by atoms with van der Waals surface area (Å²) in [4.78, 5) is 27.6. The molecule has 142 valence electrons. The number of ether oxygens (including phenoxy) is 1. The van der Waals surface area contributed by atoms with Gasteiger partial charge in [0.2, 0.25) is 5.95 Å². The van der Waals surface area contributed by atoms with Crippen molar-refractivity contribution in [1.29, 1.82) is 0 Å². The molecule has 0 fully saturated rings. The number of carbonyl (C=O) groups excluding carboxylic acids is 1. The molecule has 3 rings (SSSR count). The van der Waals surface area contributed by atoms with E-state index in [4.69, 9.17) is 4.74 Å². The summed E-state index contributed by atoms with van der Waals surface area (Å²) in [6.45, 7) is 4.16. The monoisotopic (exact) mass is 371 g/mol. The molecular formula is C18H21N5O4. The highest BCUT2D eigenvalue weighted by atomic mass is 16.6. The Balaban J connectivity index is 1.98. The Morgan fingerprint density at radius 3 is 2.96 bits per heavy atom. The Hall–Kier alpha value is -3.23. The van der Waals surface area contributed by atoms with E-state index >= 15 is 0 Å². The number of fused-ring (bicyclic) bond motifs is 1. The van der Waals surface area contributed by atoms with Crippen LogP contribution in [-0.4, -0.2) is 32.3 Å². The zero-order chi connectivity index (χ0) is 19.4. The van der Waals surface area contributed by atoms with Crippen LogP contribution in [0.5, 0.6) is 0 Å². The van der Waals surface area contributed by atoms with E-state index in [2.05, 4.69) is 22.3 Å². The quantitative estimate of drug-likeness (QED) is 0.344. The van der Waals surface area contributed by atoms with E-state index in [9.17, 15) is 14.9 Å². The molecule has 0 saturated carbocycles. The van der Waals surface area contributed by atoms with Gasteiger partial charge in [-0.05, 0) is 18.9 Å². The molecule has 1 unspecified atom stereocenters. The van der Waals surface area contributed by atoms with E-state index in [1.807, 2.05) is 0 Å². The van der Waals surface area contributed by atoms with Gasteiger partial charge in [0.05, 0.1) is 17.1 Å². The molecule has 27 heavy (non-hydrogen) atoms. The number of nitro benzene ring substituents is 1. The first kappa shape index (κ1) is 18.6. The number of benzene rings is 1. The van der Waals surface area contributed by atoms with Crippen molar-refractivity contribution in [3.8, 4) is 0 Å². The molecule has 9 heteroatoms. The summed E-state index contributed by atoms with van der Waals surface area (Å²) < 4.78 is 6.98. The van der Waals surface area contributed by atoms with Crippen molar-refractivity contribution in [2.45, 2.75) is 39.2 Å². The number of anilines is 1. The number of hydrogen-bond donors (Lipinski definition) is 1. The molecule has 0 bridgehead atoms. The smallest absolute Gasteiger partial charge is 0.338 e. The summed E-state index contributed by atoms with van der Waals surface area (Å²) >= 11 is 0. The Bertz CT molecular complexity index is 889. The van der Waals surface area contributed by atoms with Gasteiger partial charge in [-0.1, -0.05) is 31.9 Å². The van der Waals surface area contributed by atoms with Crippen molar-refractivity contribution in [3.63, 3.8) is 0 Å². The predicted octanol–water partition coefficient (Wildman–Crippen LogP) is 3.21. The molecule has 0 aliphatic carbocycles. The van der Waals surface area contributed by atoms with Gasteiger partial charge in [-0.3, -0.25) is 10.1 Å². The van der Waals surface area contributed by atoms with Crippen molar-refractivity contribution < 1.29 is 14.5 Å². The van der Waals surface area contributed by atoms with Gasteiger partial charge in [0, 0.05) is 17.8 Å². The highest BCUT2D eigenvalue weighted by Gasteiger charge is 2.34. The third kappa shape index (κ3) is 3.81. The molecule has 2 aromatic rings. The zero-order valence-corrected chi connectivity index (χ0v) is 15.2. The van der Waals surface area contributed by atoms with Crippen molar-refractivity contribution in [2.75, 3.05) is 11.9 Å². The number of nitrogens with zero attached hydrogens (tertiary/aromatic N) is 4. The van der Waals surface area contributed by atoms with Crippen LogP contribution < -0.4 is 5.32 Å². The normalized spacial score (nSPS) is 15.9. The molecule has 0 amide bonds. The molecule has 1 aliphatic rings. The minimum absolute atomic E-state index is 0.0546. The largest absolute Gasteiger partial charge is 0.462 e. The van der Waals surface area contributed by atoms with Gasteiger partial charge in [-0.15, -0.1) is 0 Å². The summed E-state index contributed by atoms with van der Waals surface area (Å²) in [7, 11) is 0. The van der Waals surface area contributed by atoms with Crippen LogP contribution in [0, 0.1) is 10.1 Å². The van der Waals surface area contributed by atoms with Gasteiger partial charge in [0.15, 0.2) is 0 Å². The fraction of sp³-hybridized carbons (Fsp3) is 0.389. The number of aromatic nitrogens is 3. The molecule has 1 N–H and O–H groups in total. The molecule has 9 nitrogen and oxygen atoms in total. The Morgan fingerprint density at radius 1 is 1.41 bits per heavy atom. The maximum absolute atomic E-state index is 12.8. The maximum atomic E-state index is 12.8. The average molecular weight is 371 g/mol. The number of unbranched alkanes of at least 4 members (excludes halogenated alkanes) is 2. The second kappa shape index (κ2) is 7.98. The van der Waals surface area contributed by atoms with Crippen molar-refractivity contribution in [2.24, 2.45) is 0 Å². The first-order valence-corrected chi connectivity index (χ1v) is 8.81. The third-order valence-electron chi connectivity index (χ3n) is 4.39. The summed E-state index contributed by atoms with van der Waals surface area (Å²) in [6.07, 6.45) is 4.16. The number of non-ortho nitro benzene ring substituents is 1. The van der Waals surface area contributed by atoms with Gasteiger partial charge in [-0.25, -0.2) is 9.48 Å². The van der Waals surface area contributed by atoms with E-state index < -0.39 is 16.9 Å². The lowest BCUT2D eigenvalue weighted by Gasteiger charge is -2.28. The molecule has 0 spiro atoms. The lowest BCUT2D eigenvalue weighted by molar-refractivity contribution is -0.384. The first-order valence-electron chi connectivity index (χ1n) is 8.81. The second-order valence-corrected chi connectivity index (χ2v) is 6.29. The first-order chi connectivity index (χ1) is 13.0. The van der Waals surface area contributed by atoms with Crippen LogP contribution in [0.15, 0.2) is 41.9 Å². The van der Waals surface area contributed by atoms with E-state index in [0.717, 1.165) is 19.3 Å². The molecule has 0 radical (unpaired) electrons. The van der Waals surface area contributed by atoms with E-state index in [-0.39, 0.29) is 5.69 Å². The Kier molecular flexibility index (Phi) is 5.49. The molecule has 1 atom stereocenters. The molecule has 1 aromatic heterocycles. The van der Waals surface area contributed by atoms with E-state index in [1.54, 1.807) is 19.1 Å². The van der Waals surface area contributed by atoms with Gasteiger partial charge < -0.3 is 10.1 Å². The lowest BCUT2D eigenvalue weighted by atomic mass is 9.95. The van der Waals surface area contributed by atoms with Crippen molar-refractivity contribution in [1.82, 2.24) is 14.8 Å². The Labute approximate surface area is 156 Å². The molecule has 1 aliphatic heterocycles. The summed E-state index contributed by atoms with van der Waals surface area (Å²) in [6, 6.07) is 5.52. The summed E-state index contributed by atoms with van der Waals surface area (Å²) in [5, 5.41) is 18.4. The van der Waals surface area contributed by atoms with Crippen LogP contribution in [0.4, 0.5) is 11.6 Å². The third-order valence-corrected chi connectivity index (χ3v) is 4.39. The number of nitrogens with one attached hydrogen (secondary N) is 1. The molecule has 2 heterocycles. The fourth-order valence-corrected chi connectivity index (χ4v) is 3.07. The van der Waals surface area contributed by atoms with Gasteiger partial charge >= 0.3 is 5.97 Å². The second-order valence-electron chi connectivity index (χ2n) is 6.29. The molecule has 1 aromatic carbocycles. The number of carbonyl (C=O) groups is 1. The van der Waals surface area contributed by atoms with Gasteiger partial charge in [0.25, 0.3) is 5.69 Å². The molecular weight excluding hydrogens is 350 g/mol. The number of rotatable bonds is 7. The van der Waals surface area contributed by atoms with Crippen LogP contribution in [0.1, 0.15) is 44.7 Å². The van der Waals surface area contributed by atoms with Crippen LogP contribution in [-0.2, 0) is 9.53 Å². The lowest BCUT2D eigenvalue weighted by Crippen LogP contribution is -2.29. The van der Waals surface area contributed by atoms with E-state index in [0.29, 0.717) is 29.4 Å². The highest BCUT2D eigenvalue weighted by Crippen LogP contribution is 2.36. The topological polar surface area (TPSA) is 112 Å². The zero-order valence-electron chi connectivity index (χ0n) is 15.2. The number of allylic oxidation sites excluding steroid dienone is 1. The van der Waals surface area contributed by atoms with Crippen LogP contribution >= 0.6 is 0 Å². The van der Waals surface area contributed by atoms with Crippen LogP contribution in [0.25, 0.3) is 0 Å².